The average molecular weight is 969 g/mol. The van der Waals surface area contributed by atoms with Crippen molar-refractivity contribution >= 4 is 23.1 Å². The smallest absolute Gasteiger partial charge is 0.518 e. The number of pyridine rings is 1. The van der Waals surface area contributed by atoms with Crippen molar-refractivity contribution < 1.29 is 30.5 Å². The van der Waals surface area contributed by atoms with Gasteiger partial charge >= 0.3 is 21.1 Å². The maximum atomic E-state index is 6.92. The van der Waals surface area contributed by atoms with Gasteiger partial charge in [0.15, 0.2) is 0 Å². The van der Waals surface area contributed by atoms with Crippen LogP contribution >= 0.6 is 0 Å². The fraction of sp³-hybridized carbons (Fsp3) is 0.434. The summed E-state index contributed by atoms with van der Waals surface area (Å²) in [6.07, 6.45) is 6.48. The van der Waals surface area contributed by atoms with Crippen molar-refractivity contribution in [2.45, 2.75) is 137 Å². The minimum absolute atomic E-state index is 0. The van der Waals surface area contributed by atoms with Crippen LogP contribution in [0.15, 0.2) is 84.0 Å². The standard InChI is InChI=1S/C53H63N3O2.Pt/c1-13-17-36(18-14-2)47-32-57-51(55-47)38-27-37(49-43(33(3)4)19-15-20-44(49)34(5)6)28-42(29-38)58-41-26-35(7)25-40(31-41)56-48-23-22-39(52(8,9)10)30-46(48)53(11,12)45-21-16-24-54-50(45)56;/h15-16,19-28,30,33-34,36,47H,13-14,17-18,32H2,1-12H3;/q-2;+2/t47-;/m0./s1. The molecule has 1 atom stereocenters. The Morgan fingerprint density at radius 1 is 0.847 bits per heavy atom. The second kappa shape index (κ2) is 17.8. The van der Waals surface area contributed by atoms with Crippen LogP contribution in [0.2, 0.25) is 0 Å². The summed E-state index contributed by atoms with van der Waals surface area (Å²) in [6, 6.07) is 33.9. The van der Waals surface area contributed by atoms with Gasteiger partial charge in [0, 0.05) is 34.4 Å². The summed E-state index contributed by atoms with van der Waals surface area (Å²) in [7, 11) is 0. The molecular weight excluding hydrogens is 906 g/mol. The SMILES string of the molecule is CCCC(CCC)[C@@H]1COC(c2[c-]c(Oc3[c-]c(N4c5ccc(C(C)(C)C)cc5C(C)(C)c5cccnc54)cc(C)c3)cc(-c3c(C(C)C)cccc3C(C)C)c2)=N1.[Pt+2]. The van der Waals surface area contributed by atoms with E-state index >= 15 is 0 Å². The zero-order valence-electron chi connectivity index (χ0n) is 37.3. The maximum Gasteiger partial charge on any atom is 2.00 e. The van der Waals surface area contributed by atoms with Crippen LogP contribution in [-0.2, 0) is 36.6 Å². The van der Waals surface area contributed by atoms with Crippen molar-refractivity contribution in [2.24, 2.45) is 10.9 Å². The van der Waals surface area contributed by atoms with E-state index in [1.165, 1.54) is 33.4 Å². The molecule has 3 heterocycles. The van der Waals surface area contributed by atoms with Gasteiger partial charge in [-0.05, 0) is 76.0 Å². The Kier molecular flexibility index (Phi) is 13.4. The fourth-order valence-corrected chi connectivity index (χ4v) is 9.01. The third-order valence-electron chi connectivity index (χ3n) is 12.2. The summed E-state index contributed by atoms with van der Waals surface area (Å²) in [4.78, 5) is 12.5. The van der Waals surface area contributed by atoms with Crippen LogP contribution in [0.25, 0.3) is 11.1 Å². The van der Waals surface area contributed by atoms with E-state index in [1.54, 1.807) is 0 Å². The molecule has 0 radical (unpaired) electrons. The number of hydrogen-bond acceptors (Lipinski definition) is 5. The van der Waals surface area contributed by atoms with Crippen molar-refractivity contribution in [1.82, 2.24) is 4.98 Å². The summed E-state index contributed by atoms with van der Waals surface area (Å²) >= 11 is 0. The number of aromatic nitrogens is 1. The van der Waals surface area contributed by atoms with E-state index in [-0.39, 0.29) is 37.9 Å². The van der Waals surface area contributed by atoms with Gasteiger partial charge in [0.2, 0.25) is 0 Å². The van der Waals surface area contributed by atoms with Crippen LogP contribution in [0, 0.1) is 25.0 Å². The number of fused-ring (bicyclic) bond motifs is 2. The van der Waals surface area contributed by atoms with Crippen LogP contribution in [0.4, 0.5) is 17.2 Å². The molecule has 0 unspecified atom stereocenters. The van der Waals surface area contributed by atoms with E-state index in [2.05, 4.69) is 167 Å². The van der Waals surface area contributed by atoms with Gasteiger partial charge in [-0.1, -0.05) is 161 Å². The molecule has 0 spiro atoms. The summed E-state index contributed by atoms with van der Waals surface area (Å²) in [5.74, 6) is 3.96. The first-order valence-corrected chi connectivity index (χ1v) is 21.6. The minimum Gasteiger partial charge on any atom is -0.518 e. The van der Waals surface area contributed by atoms with E-state index < -0.39 is 0 Å². The summed E-state index contributed by atoms with van der Waals surface area (Å²) < 4.78 is 13.4. The number of anilines is 3. The molecule has 0 aliphatic carbocycles. The Labute approximate surface area is 369 Å². The quantitative estimate of drug-likeness (QED) is 0.117. The van der Waals surface area contributed by atoms with Gasteiger partial charge in [-0.25, -0.2) is 4.98 Å². The van der Waals surface area contributed by atoms with Gasteiger partial charge in [0.25, 0.3) is 0 Å². The van der Waals surface area contributed by atoms with E-state index in [1.807, 2.05) is 12.3 Å². The molecule has 0 bridgehead atoms. The molecule has 6 heteroatoms. The zero-order valence-corrected chi connectivity index (χ0v) is 39.6. The molecule has 0 fully saturated rings. The first-order chi connectivity index (χ1) is 27.6. The molecule has 5 aromatic rings. The van der Waals surface area contributed by atoms with Crippen molar-refractivity contribution in [3.63, 3.8) is 0 Å². The van der Waals surface area contributed by atoms with Crippen LogP contribution in [-0.4, -0.2) is 23.5 Å². The molecule has 7 rings (SSSR count). The van der Waals surface area contributed by atoms with Gasteiger partial charge in [-0.15, -0.1) is 24.3 Å². The second-order valence-electron chi connectivity index (χ2n) is 18.7. The molecule has 2 aliphatic rings. The van der Waals surface area contributed by atoms with E-state index in [4.69, 9.17) is 19.5 Å². The summed E-state index contributed by atoms with van der Waals surface area (Å²) in [6.45, 7) is 27.8. The van der Waals surface area contributed by atoms with Crippen molar-refractivity contribution in [1.29, 1.82) is 0 Å². The third kappa shape index (κ3) is 8.97. The predicted octanol–water partition coefficient (Wildman–Crippen LogP) is 14.5. The zero-order chi connectivity index (χ0) is 41.5. The van der Waals surface area contributed by atoms with Gasteiger partial charge in [-0.2, -0.15) is 5.56 Å². The van der Waals surface area contributed by atoms with Crippen LogP contribution in [0.1, 0.15) is 153 Å². The Bertz CT molecular complexity index is 2280. The molecule has 0 N–H and O–H groups in total. The number of aliphatic imine (C=N–C) groups is 1. The Morgan fingerprint density at radius 2 is 1.53 bits per heavy atom. The van der Waals surface area contributed by atoms with Crippen LogP contribution < -0.4 is 9.64 Å². The van der Waals surface area contributed by atoms with Gasteiger partial charge in [0.1, 0.15) is 11.7 Å². The molecule has 2 aliphatic heterocycles. The van der Waals surface area contributed by atoms with Crippen molar-refractivity contribution in [3.05, 3.63) is 130 Å². The second-order valence-corrected chi connectivity index (χ2v) is 18.7. The molecule has 4 aromatic carbocycles. The molecule has 0 saturated carbocycles. The van der Waals surface area contributed by atoms with Crippen LogP contribution in [0.5, 0.6) is 11.5 Å². The largest absolute Gasteiger partial charge is 2.00 e. The number of aryl methyl sites for hydroxylation is 1. The summed E-state index contributed by atoms with van der Waals surface area (Å²) in [5, 5.41) is 0. The molecule has 0 saturated heterocycles. The van der Waals surface area contributed by atoms with Crippen molar-refractivity contribution in [2.75, 3.05) is 11.5 Å². The first kappa shape index (κ1) is 44.3. The number of rotatable bonds is 12. The Balaban J connectivity index is 0.00000585. The predicted molar refractivity (Wildman–Crippen MR) is 242 cm³/mol. The summed E-state index contributed by atoms with van der Waals surface area (Å²) in [5.41, 5.74) is 12.3. The topological polar surface area (TPSA) is 47.0 Å². The van der Waals surface area contributed by atoms with E-state index in [0.717, 1.165) is 59.6 Å². The number of ether oxygens (including phenoxy) is 2. The minimum atomic E-state index is -0.246. The third-order valence-corrected chi connectivity index (χ3v) is 12.2. The molecule has 1 aromatic heterocycles. The fourth-order valence-electron chi connectivity index (χ4n) is 9.01. The molecule has 5 nitrogen and oxygen atoms in total. The first-order valence-electron chi connectivity index (χ1n) is 21.6. The average Bonchev–Trinajstić information content (AvgIpc) is 3.67. The monoisotopic (exact) mass is 968 g/mol. The molecule has 59 heavy (non-hydrogen) atoms. The molecule has 0 amide bonds. The Morgan fingerprint density at radius 3 is 2.17 bits per heavy atom. The maximum absolute atomic E-state index is 6.92. The molecule has 312 valence electrons. The Hall–Kier alpha value is -4.21. The normalized spacial score (nSPS) is 15.8. The van der Waals surface area contributed by atoms with Crippen molar-refractivity contribution in [3.8, 4) is 22.6 Å². The van der Waals surface area contributed by atoms with E-state index in [0.29, 0.717) is 41.8 Å². The number of benzene rings is 4. The number of nitrogens with zero attached hydrogens (tertiary/aromatic N) is 3. The number of hydrogen-bond donors (Lipinski definition) is 0. The van der Waals surface area contributed by atoms with Crippen LogP contribution in [0.3, 0.4) is 0 Å². The van der Waals surface area contributed by atoms with Gasteiger partial charge in [-0.3, -0.25) is 4.99 Å². The van der Waals surface area contributed by atoms with Gasteiger partial charge in [0.05, 0.1) is 12.6 Å². The van der Waals surface area contributed by atoms with E-state index in [9.17, 15) is 0 Å². The molecular formula is C53H63N3O2Pt. The van der Waals surface area contributed by atoms with Gasteiger partial charge < -0.3 is 14.4 Å².